The summed E-state index contributed by atoms with van der Waals surface area (Å²) in [5.41, 5.74) is 9.24. The number of nitrogens with zero attached hydrogens (tertiary/aromatic N) is 2. The molecule has 1 aromatic carbocycles. The SMILES string of the molecule is CC1c2cccnc2-c2ccc3c(c21)-c1cccnc1SC3(C)C. The summed E-state index contributed by atoms with van der Waals surface area (Å²) in [5, 5.41) is 1.14. The van der Waals surface area contributed by atoms with E-state index in [2.05, 4.69) is 55.0 Å². The fourth-order valence-corrected chi connectivity index (χ4v) is 5.33. The van der Waals surface area contributed by atoms with E-state index in [4.69, 9.17) is 0 Å². The Hall–Kier alpha value is -2.13. The quantitative estimate of drug-likeness (QED) is 0.535. The van der Waals surface area contributed by atoms with Gasteiger partial charge in [-0.25, -0.2) is 4.98 Å². The number of fused-ring (bicyclic) bond motifs is 7. The number of aromatic nitrogens is 2. The van der Waals surface area contributed by atoms with Crippen molar-refractivity contribution in [2.24, 2.45) is 0 Å². The van der Waals surface area contributed by atoms with E-state index < -0.39 is 0 Å². The smallest absolute Gasteiger partial charge is 0.105 e. The molecule has 3 aromatic rings. The van der Waals surface area contributed by atoms with Gasteiger partial charge in [-0.1, -0.05) is 43.0 Å². The van der Waals surface area contributed by atoms with E-state index in [1.54, 1.807) is 0 Å². The van der Waals surface area contributed by atoms with Crippen molar-refractivity contribution in [3.63, 3.8) is 0 Å². The van der Waals surface area contributed by atoms with Crippen molar-refractivity contribution in [1.82, 2.24) is 9.97 Å². The van der Waals surface area contributed by atoms with Gasteiger partial charge >= 0.3 is 0 Å². The molecule has 5 rings (SSSR count). The Morgan fingerprint density at radius 1 is 0.958 bits per heavy atom. The Kier molecular flexibility index (Phi) is 2.79. The molecular weight excluding hydrogens is 312 g/mol. The molecule has 0 saturated carbocycles. The van der Waals surface area contributed by atoms with Gasteiger partial charge in [-0.3, -0.25) is 4.98 Å². The number of hydrogen-bond donors (Lipinski definition) is 0. The van der Waals surface area contributed by atoms with Crippen LogP contribution in [-0.4, -0.2) is 9.97 Å². The molecule has 0 amide bonds. The summed E-state index contributed by atoms with van der Waals surface area (Å²) in [4.78, 5) is 9.33. The zero-order valence-electron chi connectivity index (χ0n) is 14.0. The van der Waals surface area contributed by atoms with Gasteiger partial charge in [-0.05, 0) is 48.2 Å². The van der Waals surface area contributed by atoms with Crippen LogP contribution in [0.2, 0.25) is 0 Å². The predicted molar refractivity (Wildman–Crippen MR) is 99.3 cm³/mol. The van der Waals surface area contributed by atoms with E-state index >= 15 is 0 Å². The molecule has 0 N–H and O–H groups in total. The van der Waals surface area contributed by atoms with Crippen molar-refractivity contribution >= 4 is 11.8 Å². The van der Waals surface area contributed by atoms with Crippen molar-refractivity contribution < 1.29 is 0 Å². The van der Waals surface area contributed by atoms with Crippen LogP contribution in [0.3, 0.4) is 0 Å². The van der Waals surface area contributed by atoms with Crippen LogP contribution in [0.5, 0.6) is 0 Å². The van der Waals surface area contributed by atoms with Crippen molar-refractivity contribution in [3.8, 4) is 22.4 Å². The number of pyridine rings is 2. The average Bonchev–Trinajstić information content (AvgIpc) is 2.88. The fourth-order valence-electron chi connectivity index (χ4n) is 4.17. The number of benzene rings is 1. The van der Waals surface area contributed by atoms with Crippen LogP contribution < -0.4 is 0 Å². The highest BCUT2D eigenvalue weighted by Gasteiger charge is 2.38. The van der Waals surface area contributed by atoms with Crippen LogP contribution in [0.4, 0.5) is 0 Å². The van der Waals surface area contributed by atoms with Crippen LogP contribution in [0.25, 0.3) is 22.4 Å². The maximum Gasteiger partial charge on any atom is 0.105 e. The third-order valence-electron chi connectivity index (χ3n) is 5.28. The molecule has 0 fully saturated rings. The molecule has 1 unspecified atom stereocenters. The standard InChI is InChI=1S/C21H18N2S/c1-12-13-6-4-10-22-19(13)14-8-9-16-18(17(12)14)15-7-5-11-23-20(15)24-21(16,2)3/h4-12H,1-3H3. The second kappa shape index (κ2) is 4.70. The van der Waals surface area contributed by atoms with Gasteiger partial charge in [0.2, 0.25) is 0 Å². The van der Waals surface area contributed by atoms with Crippen molar-refractivity contribution in [2.75, 3.05) is 0 Å². The van der Waals surface area contributed by atoms with Gasteiger partial charge in [-0.2, -0.15) is 0 Å². The van der Waals surface area contributed by atoms with Crippen molar-refractivity contribution in [1.29, 1.82) is 0 Å². The highest BCUT2D eigenvalue weighted by molar-refractivity contribution is 8.00. The number of rotatable bonds is 0. The molecule has 24 heavy (non-hydrogen) atoms. The summed E-state index contributed by atoms with van der Waals surface area (Å²) in [7, 11) is 0. The summed E-state index contributed by atoms with van der Waals surface area (Å²) in [5.74, 6) is 0.366. The lowest BCUT2D eigenvalue weighted by Gasteiger charge is -2.34. The Labute approximate surface area is 146 Å². The van der Waals surface area contributed by atoms with Crippen molar-refractivity contribution in [2.45, 2.75) is 36.5 Å². The molecule has 2 aromatic heterocycles. The molecule has 1 aliphatic heterocycles. The van der Waals surface area contributed by atoms with E-state index in [1.165, 1.54) is 33.4 Å². The van der Waals surface area contributed by atoms with Crippen LogP contribution in [-0.2, 0) is 4.75 Å². The third kappa shape index (κ3) is 1.73. The number of thioether (sulfide) groups is 1. The zero-order chi connectivity index (χ0) is 16.5. The minimum Gasteiger partial charge on any atom is -0.256 e. The second-order valence-corrected chi connectivity index (χ2v) is 8.69. The first-order chi connectivity index (χ1) is 11.6. The molecule has 2 nitrogen and oxygen atoms in total. The highest BCUT2D eigenvalue weighted by Crippen LogP contribution is 2.57. The summed E-state index contributed by atoms with van der Waals surface area (Å²) in [6.07, 6.45) is 3.80. The van der Waals surface area contributed by atoms with Gasteiger partial charge in [0, 0.05) is 34.2 Å². The van der Waals surface area contributed by atoms with E-state index in [0.717, 1.165) is 10.7 Å². The maximum atomic E-state index is 4.67. The first kappa shape index (κ1) is 14.2. The van der Waals surface area contributed by atoms with Gasteiger partial charge in [0.1, 0.15) is 5.03 Å². The molecule has 1 aliphatic carbocycles. The first-order valence-corrected chi connectivity index (χ1v) is 9.16. The summed E-state index contributed by atoms with van der Waals surface area (Å²) in [6, 6.07) is 13.1. The van der Waals surface area contributed by atoms with Gasteiger partial charge in [0.15, 0.2) is 0 Å². The molecular formula is C21H18N2S. The molecule has 1 atom stereocenters. The van der Waals surface area contributed by atoms with Crippen LogP contribution in [0, 0.1) is 0 Å². The highest BCUT2D eigenvalue weighted by atomic mass is 32.2. The molecule has 0 radical (unpaired) electrons. The molecule has 0 saturated heterocycles. The van der Waals surface area contributed by atoms with Gasteiger partial charge < -0.3 is 0 Å². The lowest BCUT2D eigenvalue weighted by atomic mass is 9.83. The topological polar surface area (TPSA) is 25.8 Å². The van der Waals surface area contributed by atoms with Crippen LogP contribution in [0.1, 0.15) is 43.4 Å². The Bertz CT molecular complexity index is 991. The normalized spacial score (nSPS) is 19.2. The minimum absolute atomic E-state index is 0.0215. The van der Waals surface area contributed by atoms with Crippen LogP contribution >= 0.6 is 11.8 Å². The van der Waals surface area contributed by atoms with E-state index in [0.29, 0.717) is 5.92 Å². The molecule has 3 heterocycles. The van der Waals surface area contributed by atoms with Gasteiger partial charge in [-0.15, -0.1) is 0 Å². The van der Waals surface area contributed by atoms with Gasteiger partial charge in [0.25, 0.3) is 0 Å². The summed E-state index contributed by atoms with van der Waals surface area (Å²) >= 11 is 1.86. The third-order valence-corrected chi connectivity index (χ3v) is 6.53. The summed E-state index contributed by atoms with van der Waals surface area (Å²) < 4.78 is 0.0215. The lowest BCUT2D eigenvalue weighted by molar-refractivity contribution is 0.769. The van der Waals surface area contributed by atoms with Crippen LogP contribution in [0.15, 0.2) is 53.8 Å². The fraction of sp³-hybridized carbons (Fsp3) is 0.238. The molecule has 0 bridgehead atoms. The van der Waals surface area contributed by atoms with E-state index in [9.17, 15) is 0 Å². The second-order valence-electron chi connectivity index (χ2n) is 7.08. The van der Waals surface area contributed by atoms with E-state index in [-0.39, 0.29) is 4.75 Å². The Morgan fingerprint density at radius 2 is 1.75 bits per heavy atom. The first-order valence-electron chi connectivity index (χ1n) is 8.35. The molecule has 2 aliphatic rings. The van der Waals surface area contributed by atoms with Gasteiger partial charge in [0.05, 0.1) is 5.69 Å². The largest absolute Gasteiger partial charge is 0.256 e. The molecule has 3 heteroatoms. The minimum atomic E-state index is 0.0215. The molecule has 0 spiro atoms. The average molecular weight is 330 g/mol. The van der Waals surface area contributed by atoms with Crippen molar-refractivity contribution in [3.05, 3.63) is 65.5 Å². The monoisotopic (exact) mass is 330 g/mol. The maximum absolute atomic E-state index is 4.67. The lowest BCUT2D eigenvalue weighted by Crippen LogP contribution is -2.19. The zero-order valence-corrected chi connectivity index (χ0v) is 14.8. The Balaban J connectivity index is 1.90. The summed E-state index contributed by atoms with van der Waals surface area (Å²) in [6.45, 7) is 6.90. The molecule has 118 valence electrons. The predicted octanol–water partition coefficient (Wildman–Crippen LogP) is 5.62. The van der Waals surface area contributed by atoms with E-state index in [1.807, 2.05) is 36.3 Å². The number of hydrogen-bond acceptors (Lipinski definition) is 3. The Morgan fingerprint density at radius 3 is 2.62 bits per heavy atom.